The maximum Gasteiger partial charge on any atom is 0.250 e. The van der Waals surface area contributed by atoms with Gasteiger partial charge in [0, 0.05) is 47.6 Å². The van der Waals surface area contributed by atoms with Gasteiger partial charge in [-0.25, -0.2) is 0 Å². The van der Waals surface area contributed by atoms with E-state index in [1.165, 1.54) is 16.6 Å². The highest BCUT2D eigenvalue weighted by atomic mass is 16.5. The van der Waals surface area contributed by atoms with E-state index in [2.05, 4.69) is 60.3 Å². The number of pyridine rings is 1. The number of fused-ring (bicyclic) bond motifs is 1. The Morgan fingerprint density at radius 2 is 1.77 bits per heavy atom. The lowest BCUT2D eigenvalue weighted by atomic mass is 9.78. The van der Waals surface area contributed by atoms with E-state index in [1.54, 1.807) is 19.5 Å². The van der Waals surface area contributed by atoms with Crippen molar-refractivity contribution in [3.8, 4) is 5.75 Å². The smallest absolute Gasteiger partial charge is 0.250 e. The summed E-state index contributed by atoms with van der Waals surface area (Å²) < 4.78 is 5.30. The maximum absolute atomic E-state index is 14.6. The Bertz CT molecular complexity index is 1600. The van der Waals surface area contributed by atoms with E-state index in [0.29, 0.717) is 31.5 Å². The predicted molar refractivity (Wildman–Crippen MR) is 170 cm³/mol. The van der Waals surface area contributed by atoms with Crippen LogP contribution in [-0.4, -0.2) is 39.3 Å². The van der Waals surface area contributed by atoms with Crippen molar-refractivity contribution in [1.82, 2.24) is 14.9 Å². The highest BCUT2D eigenvalue weighted by Crippen LogP contribution is 2.67. The van der Waals surface area contributed by atoms with Gasteiger partial charge in [-0.1, -0.05) is 57.4 Å². The molecule has 7 nitrogen and oxygen atoms in total. The molecule has 2 aromatic heterocycles. The molecule has 2 fully saturated rings. The number of rotatable bonds is 9. The summed E-state index contributed by atoms with van der Waals surface area (Å²) in [5.41, 5.74) is 4.29. The third-order valence-corrected chi connectivity index (χ3v) is 10.0. The minimum Gasteiger partial charge on any atom is -0.497 e. The summed E-state index contributed by atoms with van der Waals surface area (Å²) in [6.07, 6.45) is 8.08. The van der Waals surface area contributed by atoms with Crippen molar-refractivity contribution in [3.63, 3.8) is 0 Å². The number of benzene rings is 2. The number of carbonyl (C=O) groups is 2. The van der Waals surface area contributed by atoms with Crippen molar-refractivity contribution in [2.24, 2.45) is 11.3 Å². The molecular weight excluding hydrogens is 536 g/mol. The fourth-order valence-electron chi connectivity index (χ4n) is 7.53. The third-order valence-electron chi connectivity index (χ3n) is 10.0. The molecule has 0 radical (unpaired) electrons. The minimum atomic E-state index is -0.934. The number of hydrogen-bond acceptors (Lipinski definition) is 4. The molecule has 224 valence electrons. The van der Waals surface area contributed by atoms with Gasteiger partial charge in [-0.15, -0.1) is 0 Å². The van der Waals surface area contributed by atoms with Crippen molar-refractivity contribution >= 4 is 28.4 Å². The number of H-pyrrole nitrogens is 1. The third kappa shape index (κ3) is 5.41. The van der Waals surface area contributed by atoms with Crippen LogP contribution in [0.4, 0.5) is 5.69 Å². The average Bonchev–Trinajstić information content (AvgIpc) is 3.37. The Hall–Kier alpha value is -4.13. The number of methoxy groups -OCH3 is 1. The zero-order chi connectivity index (χ0) is 30.2. The molecule has 2 unspecified atom stereocenters. The van der Waals surface area contributed by atoms with Crippen LogP contribution < -0.4 is 10.1 Å². The summed E-state index contributed by atoms with van der Waals surface area (Å²) in [5.74, 6) is 1.09. The normalized spacial score (nSPS) is 20.4. The summed E-state index contributed by atoms with van der Waals surface area (Å²) in [6, 6.07) is 19.7. The van der Waals surface area contributed by atoms with Crippen LogP contribution in [0.1, 0.15) is 75.1 Å². The molecule has 2 N–H and O–H groups in total. The van der Waals surface area contributed by atoms with E-state index in [-0.39, 0.29) is 29.1 Å². The second-order valence-corrected chi connectivity index (χ2v) is 12.9. The molecule has 0 saturated heterocycles. The van der Waals surface area contributed by atoms with Crippen molar-refractivity contribution in [3.05, 3.63) is 89.9 Å². The second kappa shape index (κ2) is 11.5. The topological polar surface area (TPSA) is 87.3 Å². The molecule has 0 aliphatic heterocycles. The molecule has 4 aromatic rings. The number of ether oxygens (including phenoxy) is 1. The monoisotopic (exact) mass is 578 g/mol. The van der Waals surface area contributed by atoms with E-state index < -0.39 is 5.54 Å². The fourth-order valence-corrected chi connectivity index (χ4v) is 7.53. The van der Waals surface area contributed by atoms with E-state index >= 15 is 0 Å². The van der Waals surface area contributed by atoms with E-state index in [1.807, 2.05) is 41.3 Å². The largest absolute Gasteiger partial charge is 0.497 e. The number of anilines is 1. The first-order valence-corrected chi connectivity index (χ1v) is 15.5. The van der Waals surface area contributed by atoms with Gasteiger partial charge >= 0.3 is 0 Å². The zero-order valence-corrected chi connectivity index (χ0v) is 25.7. The molecule has 0 spiro atoms. The summed E-state index contributed by atoms with van der Waals surface area (Å²) in [7, 11) is 1.62. The number of nitrogens with one attached hydrogen (secondary N) is 2. The number of aryl methyl sites for hydroxylation is 1. The highest BCUT2D eigenvalue weighted by molar-refractivity contribution is 6.01. The number of nitrogens with zero attached hydrogens (tertiary/aromatic N) is 2. The van der Waals surface area contributed by atoms with E-state index in [4.69, 9.17) is 4.74 Å². The molecule has 2 amide bonds. The lowest BCUT2D eigenvalue weighted by Crippen LogP contribution is -2.59. The highest BCUT2D eigenvalue weighted by Gasteiger charge is 2.60. The Labute approximate surface area is 254 Å². The number of aromatic nitrogens is 2. The molecule has 43 heavy (non-hydrogen) atoms. The van der Waals surface area contributed by atoms with Crippen LogP contribution in [0.3, 0.4) is 0 Å². The van der Waals surface area contributed by atoms with Gasteiger partial charge in [0.15, 0.2) is 0 Å². The van der Waals surface area contributed by atoms with Crippen LogP contribution in [-0.2, 0) is 16.1 Å². The van der Waals surface area contributed by atoms with Gasteiger partial charge in [0.05, 0.1) is 7.11 Å². The predicted octanol–water partition coefficient (Wildman–Crippen LogP) is 7.38. The van der Waals surface area contributed by atoms with Crippen LogP contribution >= 0.6 is 0 Å². The molecular formula is C36H42N4O3. The summed E-state index contributed by atoms with van der Waals surface area (Å²) in [4.78, 5) is 38.7. The lowest BCUT2D eigenvalue weighted by Gasteiger charge is -2.45. The van der Waals surface area contributed by atoms with Gasteiger partial charge in [0.25, 0.3) is 0 Å². The zero-order valence-electron chi connectivity index (χ0n) is 25.7. The summed E-state index contributed by atoms with van der Waals surface area (Å²) in [6.45, 7) is 7.04. The van der Waals surface area contributed by atoms with E-state index in [9.17, 15) is 9.59 Å². The van der Waals surface area contributed by atoms with Crippen LogP contribution in [0, 0.1) is 18.3 Å². The van der Waals surface area contributed by atoms with Gasteiger partial charge in [-0.3, -0.25) is 14.6 Å². The first-order chi connectivity index (χ1) is 20.7. The van der Waals surface area contributed by atoms with Crippen LogP contribution in [0.2, 0.25) is 0 Å². The fraction of sp³-hybridized carbons (Fsp3) is 0.417. The van der Waals surface area contributed by atoms with Crippen molar-refractivity contribution in [2.75, 3.05) is 12.4 Å². The van der Waals surface area contributed by atoms with Crippen LogP contribution in [0.5, 0.6) is 5.75 Å². The standard InChI is InChI=1S/C36H42N4O3/c1-24-32(28-12-6-7-13-30(28)38-24)33-29(35(33,2)3)21-31(41)40(23-25-11-10-20-37-22-25)36(18-8-5-9-19-36)34(42)39-26-14-16-27(43-4)17-15-26/h6-7,10-17,20,22,29,33,38H,5,8-9,18-19,21,23H2,1-4H3,(H,39,42). The number of carbonyl (C=O) groups excluding carboxylic acids is 2. The Morgan fingerprint density at radius 1 is 1.02 bits per heavy atom. The molecule has 7 heteroatoms. The molecule has 2 heterocycles. The van der Waals surface area contributed by atoms with Gasteiger partial charge < -0.3 is 19.9 Å². The lowest BCUT2D eigenvalue weighted by molar-refractivity contribution is -0.149. The van der Waals surface area contributed by atoms with Crippen LogP contribution in [0.25, 0.3) is 10.9 Å². The van der Waals surface area contributed by atoms with Gasteiger partial charge in [0.2, 0.25) is 11.8 Å². The number of aromatic amines is 1. The van der Waals surface area contributed by atoms with Crippen molar-refractivity contribution < 1.29 is 14.3 Å². The quantitative estimate of drug-likeness (QED) is 0.217. The van der Waals surface area contributed by atoms with Crippen LogP contribution in [0.15, 0.2) is 73.1 Å². The molecule has 2 aliphatic rings. The molecule has 2 aromatic carbocycles. The summed E-state index contributed by atoms with van der Waals surface area (Å²) in [5, 5.41) is 4.40. The summed E-state index contributed by atoms with van der Waals surface area (Å²) >= 11 is 0. The molecule has 6 rings (SSSR count). The Morgan fingerprint density at radius 3 is 2.47 bits per heavy atom. The Balaban J connectivity index is 1.32. The average molecular weight is 579 g/mol. The molecule has 2 saturated carbocycles. The molecule has 2 aliphatic carbocycles. The van der Waals surface area contributed by atoms with Gasteiger partial charge in [-0.2, -0.15) is 0 Å². The number of amides is 2. The van der Waals surface area contributed by atoms with Gasteiger partial charge in [-0.05, 0) is 84.5 Å². The van der Waals surface area contributed by atoms with E-state index in [0.717, 1.165) is 36.1 Å². The SMILES string of the molecule is COc1ccc(NC(=O)C2(N(Cc3cccnc3)C(=O)CC3C(c4c(C)[nH]c5ccccc45)C3(C)C)CCCCC2)cc1. The molecule has 2 atom stereocenters. The first-order valence-electron chi connectivity index (χ1n) is 15.5. The number of para-hydroxylation sites is 1. The van der Waals surface area contributed by atoms with Crippen molar-refractivity contribution in [1.29, 1.82) is 0 Å². The van der Waals surface area contributed by atoms with Gasteiger partial charge in [0.1, 0.15) is 11.3 Å². The molecule has 0 bridgehead atoms. The number of hydrogen-bond donors (Lipinski definition) is 2. The van der Waals surface area contributed by atoms with Crippen molar-refractivity contribution in [2.45, 2.75) is 77.3 Å². The first kappa shape index (κ1) is 29.0. The minimum absolute atomic E-state index is 0.0313. The Kier molecular flexibility index (Phi) is 7.75. The maximum atomic E-state index is 14.6. The second-order valence-electron chi connectivity index (χ2n) is 12.9.